The molecule has 0 saturated heterocycles. The van der Waals surface area contributed by atoms with Gasteiger partial charge < -0.3 is 5.73 Å². The topological polar surface area (TPSA) is 115 Å². The van der Waals surface area contributed by atoms with Crippen LogP contribution in [-0.2, 0) is 10.0 Å². The van der Waals surface area contributed by atoms with Gasteiger partial charge in [-0.25, -0.2) is 13.1 Å². The zero-order valence-corrected chi connectivity index (χ0v) is 13.4. The number of benzene rings is 1. The highest BCUT2D eigenvalue weighted by Crippen LogP contribution is 2.25. The number of nitrogens with two attached hydrogens (primary N) is 1. The maximum absolute atomic E-state index is 12.3. The molecule has 0 aromatic heterocycles. The first-order valence-corrected chi connectivity index (χ1v) is 8.05. The van der Waals surface area contributed by atoms with Crippen LogP contribution in [0, 0.1) is 29.9 Å². The fraction of sp³-hybridized carbons (Fsp3) is 0.538. The molecule has 0 saturated carbocycles. The molecule has 1 aromatic rings. The van der Waals surface area contributed by atoms with E-state index in [2.05, 4.69) is 4.72 Å². The highest BCUT2D eigenvalue weighted by Gasteiger charge is 2.23. The van der Waals surface area contributed by atoms with Crippen molar-refractivity contribution in [3.05, 3.63) is 33.4 Å². The molecule has 0 amide bonds. The van der Waals surface area contributed by atoms with Crippen LogP contribution in [0.1, 0.15) is 25.0 Å². The van der Waals surface area contributed by atoms with E-state index >= 15 is 0 Å². The minimum atomic E-state index is -3.83. The van der Waals surface area contributed by atoms with E-state index in [9.17, 15) is 18.5 Å². The number of nitro benzene ring substituents is 1. The molecule has 0 aliphatic heterocycles. The third-order valence-electron chi connectivity index (χ3n) is 3.47. The Labute approximate surface area is 124 Å². The summed E-state index contributed by atoms with van der Waals surface area (Å²) < 4.78 is 27.1. The van der Waals surface area contributed by atoms with E-state index in [4.69, 9.17) is 5.73 Å². The molecule has 1 unspecified atom stereocenters. The normalized spacial score (nSPS) is 13.4. The molecular formula is C13H21N3O4S. The van der Waals surface area contributed by atoms with Gasteiger partial charge in [-0.05, 0) is 30.9 Å². The zero-order valence-electron chi connectivity index (χ0n) is 12.6. The largest absolute Gasteiger partial charge is 0.326 e. The van der Waals surface area contributed by atoms with Crippen molar-refractivity contribution in [1.29, 1.82) is 0 Å². The van der Waals surface area contributed by atoms with Crippen molar-refractivity contribution in [2.24, 2.45) is 11.7 Å². The Balaban J connectivity index is 3.16. The second kappa shape index (κ2) is 6.50. The Kier molecular flexibility index (Phi) is 5.43. The fourth-order valence-electron chi connectivity index (χ4n) is 1.71. The lowest BCUT2D eigenvalue weighted by Crippen LogP contribution is -2.40. The van der Waals surface area contributed by atoms with Gasteiger partial charge >= 0.3 is 0 Å². The first-order chi connectivity index (χ1) is 9.56. The maximum Gasteiger partial charge on any atom is 0.271 e. The van der Waals surface area contributed by atoms with Gasteiger partial charge in [-0.15, -0.1) is 0 Å². The minimum Gasteiger partial charge on any atom is -0.326 e. The van der Waals surface area contributed by atoms with Gasteiger partial charge in [0, 0.05) is 24.7 Å². The second-order valence-corrected chi connectivity index (χ2v) is 7.14. The lowest BCUT2D eigenvalue weighted by Gasteiger charge is -2.17. The number of hydrogen-bond acceptors (Lipinski definition) is 5. The van der Waals surface area contributed by atoms with Gasteiger partial charge in [-0.1, -0.05) is 13.8 Å². The van der Waals surface area contributed by atoms with Gasteiger partial charge in [-0.3, -0.25) is 10.1 Å². The van der Waals surface area contributed by atoms with Crippen LogP contribution < -0.4 is 10.5 Å². The predicted molar refractivity (Wildman–Crippen MR) is 80.6 cm³/mol. The molecule has 0 aliphatic rings. The molecule has 0 bridgehead atoms. The summed E-state index contributed by atoms with van der Waals surface area (Å²) in [5, 5.41) is 10.9. The molecule has 1 aromatic carbocycles. The summed E-state index contributed by atoms with van der Waals surface area (Å²) in [6.45, 7) is 7.13. The van der Waals surface area contributed by atoms with E-state index in [0.717, 1.165) is 6.07 Å². The van der Waals surface area contributed by atoms with Crippen LogP contribution in [0.5, 0.6) is 0 Å². The molecule has 0 fully saturated rings. The zero-order chi connectivity index (χ0) is 16.4. The van der Waals surface area contributed by atoms with Crippen molar-refractivity contribution < 1.29 is 13.3 Å². The summed E-state index contributed by atoms with van der Waals surface area (Å²) in [4.78, 5) is 10.2. The van der Waals surface area contributed by atoms with E-state index in [0.29, 0.717) is 11.1 Å². The van der Waals surface area contributed by atoms with Crippen molar-refractivity contribution in [3.63, 3.8) is 0 Å². The number of nitrogens with one attached hydrogen (secondary N) is 1. The molecule has 7 nitrogen and oxygen atoms in total. The smallest absolute Gasteiger partial charge is 0.271 e. The number of non-ortho nitro benzene ring substituents is 1. The van der Waals surface area contributed by atoms with Gasteiger partial charge in [0.25, 0.3) is 5.69 Å². The maximum atomic E-state index is 12.3. The van der Waals surface area contributed by atoms with Gasteiger partial charge in [0.05, 0.1) is 9.82 Å². The minimum absolute atomic E-state index is 0.0786. The molecular weight excluding hydrogens is 294 g/mol. The Hall–Kier alpha value is -1.51. The summed E-state index contributed by atoms with van der Waals surface area (Å²) in [5.41, 5.74) is 6.61. The van der Waals surface area contributed by atoms with Gasteiger partial charge in [0.1, 0.15) is 0 Å². The Morgan fingerprint density at radius 3 is 2.38 bits per heavy atom. The highest BCUT2D eigenvalue weighted by molar-refractivity contribution is 7.89. The summed E-state index contributed by atoms with van der Waals surface area (Å²) in [6.07, 6.45) is 0. The molecule has 3 N–H and O–H groups in total. The number of nitro groups is 1. The van der Waals surface area contributed by atoms with E-state index < -0.39 is 14.9 Å². The lowest BCUT2D eigenvalue weighted by atomic mass is 10.1. The number of sulfonamides is 1. The summed E-state index contributed by atoms with van der Waals surface area (Å²) >= 11 is 0. The standard InChI is InChI=1S/C13H21N3O4S/c1-8(2)12(14)7-15-21(19,20)13-6-11(16(17)18)5-9(3)10(13)4/h5-6,8,12,15H,7,14H2,1-4H3. The molecule has 21 heavy (non-hydrogen) atoms. The summed E-state index contributed by atoms with van der Waals surface area (Å²) in [5.74, 6) is 0.126. The molecule has 0 aliphatic carbocycles. The molecule has 8 heteroatoms. The molecule has 0 heterocycles. The SMILES string of the molecule is Cc1cc([N+](=O)[O-])cc(S(=O)(=O)NCC(N)C(C)C)c1C. The summed E-state index contributed by atoms with van der Waals surface area (Å²) in [7, 11) is -3.83. The van der Waals surface area contributed by atoms with Crippen LogP contribution in [-0.4, -0.2) is 25.9 Å². The molecule has 0 spiro atoms. The Morgan fingerprint density at radius 1 is 1.33 bits per heavy atom. The first kappa shape index (κ1) is 17.5. The third-order valence-corrected chi connectivity index (χ3v) is 5.02. The monoisotopic (exact) mass is 315 g/mol. The predicted octanol–water partition coefficient (Wildman–Crippen LogP) is 1.47. The van der Waals surface area contributed by atoms with E-state index in [1.807, 2.05) is 13.8 Å². The number of nitrogens with zero attached hydrogens (tertiary/aromatic N) is 1. The van der Waals surface area contributed by atoms with Crippen LogP contribution in [0.15, 0.2) is 17.0 Å². The molecule has 118 valence electrons. The van der Waals surface area contributed by atoms with Crippen molar-refractivity contribution in [2.45, 2.75) is 38.6 Å². The van der Waals surface area contributed by atoms with E-state index in [1.54, 1.807) is 13.8 Å². The van der Waals surface area contributed by atoms with Crippen LogP contribution in [0.2, 0.25) is 0 Å². The lowest BCUT2D eigenvalue weighted by molar-refractivity contribution is -0.385. The van der Waals surface area contributed by atoms with Crippen LogP contribution >= 0.6 is 0 Å². The second-order valence-electron chi connectivity index (χ2n) is 5.40. The van der Waals surface area contributed by atoms with Crippen LogP contribution in [0.4, 0.5) is 5.69 Å². The Morgan fingerprint density at radius 2 is 1.90 bits per heavy atom. The summed E-state index contributed by atoms with van der Waals surface area (Å²) in [6, 6.07) is 2.11. The Bertz CT molecular complexity index is 641. The van der Waals surface area contributed by atoms with Crippen molar-refractivity contribution in [1.82, 2.24) is 4.72 Å². The van der Waals surface area contributed by atoms with Gasteiger partial charge in [0.2, 0.25) is 10.0 Å². The quantitative estimate of drug-likeness (QED) is 0.609. The number of rotatable bonds is 6. The van der Waals surface area contributed by atoms with Crippen molar-refractivity contribution >= 4 is 15.7 Å². The highest BCUT2D eigenvalue weighted by atomic mass is 32.2. The van der Waals surface area contributed by atoms with Crippen molar-refractivity contribution in [3.8, 4) is 0 Å². The first-order valence-electron chi connectivity index (χ1n) is 6.57. The van der Waals surface area contributed by atoms with E-state index in [1.165, 1.54) is 6.07 Å². The third kappa shape index (κ3) is 4.23. The van der Waals surface area contributed by atoms with Crippen LogP contribution in [0.3, 0.4) is 0 Å². The number of hydrogen-bond donors (Lipinski definition) is 2. The molecule has 1 rings (SSSR count). The fourth-order valence-corrected chi connectivity index (χ4v) is 3.12. The average molecular weight is 315 g/mol. The number of aryl methyl sites for hydroxylation is 1. The molecule has 1 atom stereocenters. The van der Waals surface area contributed by atoms with Crippen molar-refractivity contribution in [2.75, 3.05) is 6.54 Å². The molecule has 0 radical (unpaired) electrons. The van der Waals surface area contributed by atoms with Gasteiger partial charge in [-0.2, -0.15) is 0 Å². The van der Waals surface area contributed by atoms with Crippen LogP contribution in [0.25, 0.3) is 0 Å². The van der Waals surface area contributed by atoms with Gasteiger partial charge in [0.15, 0.2) is 0 Å². The average Bonchev–Trinajstić information content (AvgIpc) is 2.38. The van der Waals surface area contributed by atoms with E-state index in [-0.39, 0.29) is 29.1 Å².